The van der Waals surface area contributed by atoms with Crippen LogP contribution in [0.5, 0.6) is 5.75 Å². The van der Waals surface area contributed by atoms with Crippen LogP contribution in [-0.2, 0) is 6.42 Å². The summed E-state index contributed by atoms with van der Waals surface area (Å²) in [6.07, 6.45) is 4.59. The van der Waals surface area contributed by atoms with Gasteiger partial charge in [-0.1, -0.05) is 42.5 Å². The lowest BCUT2D eigenvalue weighted by atomic mass is 9.90. The molecule has 0 aromatic heterocycles. The average molecular weight is 353 g/mol. The van der Waals surface area contributed by atoms with E-state index < -0.39 is 5.97 Å². The van der Waals surface area contributed by atoms with Crippen LogP contribution in [0.25, 0.3) is 0 Å². The fourth-order valence-electron chi connectivity index (χ4n) is 3.60. The summed E-state index contributed by atoms with van der Waals surface area (Å²) in [4.78, 5) is 13.7. The van der Waals surface area contributed by atoms with Gasteiger partial charge in [0.25, 0.3) is 0 Å². The number of para-hydroxylation sites is 1. The number of nitrogens with zero attached hydrogens (tertiary/aromatic N) is 1. The van der Waals surface area contributed by atoms with E-state index in [1.165, 1.54) is 24.8 Å². The van der Waals surface area contributed by atoms with Crippen molar-refractivity contribution < 1.29 is 14.6 Å². The van der Waals surface area contributed by atoms with Crippen LogP contribution in [0.3, 0.4) is 0 Å². The van der Waals surface area contributed by atoms with E-state index in [0.717, 1.165) is 32.0 Å². The largest absolute Gasteiger partial charge is 0.493 e. The molecule has 4 nitrogen and oxygen atoms in total. The van der Waals surface area contributed by atoms with Crippen LogP contribution in [0.4, 0.5) is 0 Å². The van der Waals surface area contributed by atoms with E-state index in [1.807, 2.05) is 0 Å². The van der Waals surface area contributed by atoms with E-state index in [-0.39, 0.29) is 5.56 Å². The van der Waals surface area contributed by atoms with Gasteiger partial charge in [0.15, 0.2) is 0 Å². The molecule has 1 aliphatic rings. The van der Waals surface area contributed by atoms with Gasteiger partial charge in [-0.3, -0.25) is 0 Å². The summed E-state index contributed by atoms with van der Waals surface area (Å²) in [5.41, 5.74) is 1.67. The lowest BCUT2D eigenvalue weighted by Gasteiger charge is -2.32. The molecule has 2 aromatic rings. The number of carboxylic acids is 1. The van der Waals surface area contributed by atoms with Crippen LogP contribution in [0.1, 0.15) is 35.2 Å². The number of carboxylic acid groups (broad SMARTS) is 1. The maximum absolute atomic E-state index is 11.2. The van der Waals surface area contributed by atoms with Crippen molar-refractivity contribution in [2.24, 2.45) is 5.92 Å². The molecule has 0 spiro atoms. The number of ether oxygens (including phenoxy) is 1. The first-order valence-electron chi connectivity index (χ1n) is 9.44. The number of benzene rings is 2. The Labute approximate surface area is 155 Å². The van der Waals surface area contributed by atoms with Gasteiger partial charge < -0.3 is 14.7 Å². The molecule has 0 bridgehead atoms. The number of rotatable bonds is 8. The fourth-order valence-corrected chi connectivity index (χ4v) is 3.60. The highest BCUT2D eigenvalue weighted by atomic mass is 16.5. The van der Waals surface area contributed by atoms with Crippen molar-refractivity contribution in [2.75, 3.05) is 26.2 Å². The predicted molar refractivity (Wildman–Crippen MR) is 103 cm³/mol. The third-order valence-corrected chi connectivity index (χ3v) is 5.07. The normalized spacial score (nSPS) is 15.7. The highest BCUT2D eigenvalue weighted by Gasteiger charge is 2.19. The Morgan fingerprint density at radius 3 is 2.46 bits per heavy atom. The molecule has 0 radical (unpaired) electrons. The van der Waals surface area contributed by atoms with Crippen molar-refractivity contribution in [3.63, 3.8) is 0 Å². The van der Waals surface area contributed by atoms with Crippen LogP contribution in [0.2, 0.25) is 0 Å². The Kier molecular flexibility index (Phi) is 6.67. The molecular formula is C22H27NO3. The monoisotopic (exact) mass is 353 g/mol. The molecule has 1 fully saturated rings. The topological polar surface area (TPSA) is 49.8 Å². The Hall–Kier alpha value is -2.33. The molecule has 1 heterocycles. The van der Waals surface area contributed by atoms with E-state index in [0.29, 0.717) is 12.4 Å². The number of hydrogen-bond donors (Lipinski definition) is 1. The molecule has 1 saturated heterocycles. The molecule has 0 aliphatic carbocycles. The zero-order valence-electron chi connectivity index (χ0n) is 15.1. The van der Waals surface area contributed by atoms with Gasteiger partial charge in [-0.15, -0.1) is 0 Å². The molecule has 26 heavy (non-hydrogen) atoms. The van der Waals surface area contributed by atoms with Gasteiger partial charge in [-0.05, 0) is 62.4 Å². The first-order valence-corrected chi connectivity index (χ1v) is 9.44. The Morgan fingerprint density at radius 2 is 1.73 bits per heavy atom. The van der Waals surface area contributed by atoms with Crippen LogP contribution in [-0.4, -0.2) is 42.2 Å². The molecule has 3 rings (SSSR count). The molecule has 1 aliphatic heterocycles. The van der Waals surface area contributed by atoms with Crippen molar-refractivity contribution in [1.82, 2.24) is 4.90 Å². The number of likely N-dealkylation sites (tertiary alicyclic amines) is 1. The second-order valence-corrected chi connectivity index (χ2v) is 6.98. The van der Waals surface area contributed by atoms with E-state index in [4.69, 9.17) is 9.84 Å². The fraction of sp³-hybridized carbons (Fsp3) is 0.409. The van der Waals surface area contributed by atoms with Gasteiger partial charge in [0.2, 0.25) is 0 Å². The standard InChI is InChI=1S/C22H27NO3/c24-22(25)20-9-4-5-10-21(20)26-16-6-13-23-14-11-19(12-15-23)17-18-7-2-1-3-8-18/h1-5,7-10,19H,6,11-17H2,(H,24,25). The Balaban J connectivity index is 1.35. The van der Waals surface area contributed by atoms with Crippen molar-refractivity contribution in [2.45, 2.75) is 25.7 Å². The lowest BCUT2D eigenvalue weighted by molar-refractivity contribution is 0.0692. The second kappa shape index (κ2) is 9.39. The van der Waals surface area contributed by atoms with E-state index in [2.05, 4.69) is 35.2 Å². The van der Waals surface area contributed by atoms with E-state index in [9.17, 15) is 4.79 Å². The van der Waals surface area contributed by atoms with Gasteiger partial charge >= 0.3 is 5.97 Å². The third kappa shape index (κ3) is 5.33. The van der Waals surface area contributed by atoms with Crippen LogP contribution < -0.4 is 4.74 Å². The van der Waals surface area contributed by atoms with Crippen LogP contribution in [0.15, 0.2) is 54.6 Å². The van der Waals surface area contributed by atoms with Crippen molar-refractivity contribution in [1.29, 1.82) is 0 Å². The van der Waals surface area contributed by atoms with Gasteiger partial charge in [-0.2, -0.15) is 0 Å². The minimum Gasteiger partial charge on any atom is -0.493 e. The number of piperidine rings is 1. The number of hydrogen-bond acceptors (Lipinski definition) is 3. The molecule has 4 heteroatoms. The molecule has 138 valence electrons. The summed E-state index contributed by atoms with van der Waals surface area (Å²) in [5.74, 6) is 0.301. The third-order valence-electron chi connectivity index (χ3n) is 5.07. The van der Waals surface area contributed by atoms with E-state index >= 15 is 0 Å². The quantitative estimate of drug-likeness (QED) is 0.726. The first-order chi connectivity index (χ1) is 12.7. The van der Waals surface area contributed by atoms with Gasteiger partial charge in [0.1, 0.15) is 11.3 Å². The van der Waals surface area contributed by atoms with Gasteiger partial charge in [0, 0.05) is 6.54 Å². The van der Waals surface area contributed by atoms with Crippen LogP contribution >= 0.6 is 0 Å². The van der Waals surface area contributed by atoms with Crippen molar-refractivity contribution in [3.8, 4) is 5.75 Å². The maximum atomic E-state index is 11.2. The first kappa shape index (κ1) is 18.5. The van der Waals surface area contributed by atoms with Gasteiger partial charge in [-0.25, -0.2) is 4.79 Å². The van der Waals surface area contributed by atoms with Crippen LogP contribution in [0, 0.1) is 5.92 Å². The minimum atomic E-state index is -0.943. The minimum absolute atomic E-state index is 0.231. The molecule has 0 amide bonds. The molecule has 0 unspecified atom stereocenters. The Morgan fingerprint density at radius 1 is 1.04 bits per heavy atom. The zero-order chi connectivity index (χ0) is 18.2. The maximum Gasteiger partial charge on any atom is 0.339 e. The summed E-state index contributed by atoms with van der Waals surface area (Å²) in [7, 11) is 0. The second-order valence-electron chi connectivity index (χ2n) is 6.98. The summed E-state index contributed by atoms with van der Waals surface area (Å²) < 4.78 is 5.68. The smallest absolute Gasteiger partial charge is 0.339 e. The zero-order valence-corrected chi connectivity index (χ0v) is 15.1. The Bertz CT molecular complexity index is 694. The van der Waals surface area contributed by atoms with Crippen molar-refractivity contribution >= 4 is 5.97 Å². The van der Waals surface area contributed by atoms with E-state index in [1.54, 1.807) is 24.3 Å². The van der Waals surface area contributed by atoms with Gasteiger partial charge in [0.05, 0.1) is 6.61 Å². The van der Waals surface area contributed by atoms with Crippen molar-refractivity contribution in [3.05, 3.63) is 65.7 Å². The average Bonchev–Trinajstić information content (AvgIpc) is 2.67. The SMILES string of the molecule is O=C(O)c1ccccc1OCCCN1CCC(Cc2ccccc2)CC1. The highest BCUT2D eigenvalue weighted by Crippen LogP contribution is 2.22. The molecule has 2 aromatic carbocycles. The number of carbonyl (C=O) groups is 1. The molecule has 1 N–H and O–H groups in total. The summed E-state index contributed by atoms with van der Waals surface area (Å²) >= 11 is 0. The predicted octanol–water partition coefficient (Wildman–Crippen LogP) is 4.11. The summed E-state index contributed by atoms with van der Waals surface area (Å²) in [5, 5.41) is 9.17. The highest BCUT2D eigenvalue weighted by molar-refractivity contribution is 5.90. The summed E-state index contributed by atoms with van der Waals surface area (Å²) in [6.45, 7) is 3.84. The molecule has 0 saturated carbocycles. The molecular weight excluding hydrogens is 326 g/mol. The lowest BCUT2D eigenvalue weighted by Crippen LogP contribution is -2.35. The summed E-state index contributed by atoms with van der Waals surface area (Å²) in [6, 6.07) is 17.6. The molecule has 0 atom stereocenters. The number of aromatic carboxylic acids is 1.